The summed E-state index contributed by atoms with van der Waals surface area (Å²) in [6.07, 6.45) is 13.6. The number of hydrogen-bond acceptors (Lipinski definition) is 5. The molecule has 2 saturated heterocycles. The van der Waals surface area contributed by atoms with E-state index in [-0.39, 0.29) is 36.3 Å². The number of urea groups is 1. The summed E-state index contributed by atoms with van der Waals surface area (Å²) in [4.78, 5) is 15.6. The van der Waals surface area contributed by atoms with Crippen LogP contribution in [0.2, 0.25) is 0 Å². The number of hydrogen-bond donors (Lipinski definition) is 3. The second-order valence-electron chi connectivity index (χ2n) is 15.1. The summed E-state index contributed by atoms with van der Waals surface area (Å²) in [7, 11) is 0. The molecule has 2 heterocycles. The van der Waals surface area contributed by atoms with Gasteiger partial charge in [-0.15, -0.1) is 0 Å². The van der Waals surface area contributed by atoms with Gasteiger partial charge in [0.2, 0.25) is 0 Å². The van der Waals surface area contributed by atoms with Gasteiger partial charge in [0.15, 0.2) is 6.29 Å². The molecule has 0 aromatic heterocycles. The molecular formula is C38H53N3O4. The molecule has 45 heavy (non-hydrogen) atoms. The van der Waals surface area contributed by atoms with Crippen molar-refractivity contribution in [2.45, 2.75) is 115 Å². The Morgan fingerprint density at radius 3 is 2.02 bits per heavy atom. The number of carbonyl (C=O) groups excluding carboxylic acids is 1. The van der Waals surface area contributed by atoms with Crippen molar-refractivity contribution in [3.05, 3.63) is 70.8 Å². The van der Waals surface area contributed by atoms with Gasteiger partial charge < -0.3 is 30.1 Å². The smallest absolute Gasteiger partial charge is 0.315 e. The number of nitrogens with one attached hydrogen (secondary N) is 2. The van der Waals surface area contributed by atoms with E-state index in [2.05, 4.69) is 58.9 Å². The second-order valence-corrected chi connectivity index (χ2v) is 15.1. The highest BCUT2D eigenvalue weighted by atomic mass is 16.7. The topological polar surface area (TPSA) is 83.1 Å². The normalized spacial score (nSPS) is 35.0. The summed E-state index contributed by atoms with van der Waals surface area (Å²) < 4.78 is 13.4. The van der Waals surface area contributed by atoms with Crippen LogP contribution >= 0.6 is 0 Å². The predicted molar refractivity (Wildman–Crippen MR) is 175 cm³/mol. The van der Waals surface area contributed by atoms with E-state index < -0.39 is 6.29 Å². The first-order valence-electron chi connectivity index (χ1n) is 17.8. The summed E-state index contributed by atoms with van der Waals surface area (Å²) in [6, 6.07) is 16.5. The van der Waals surface area contributed by atoms with Gasteiger partial charge in [0.05, 0.1) is 18.8 Å². The lowest BCUT2D eigenvalue weighted by molar-refractivity contribution is -0.276. The largest absolute Gasteiger partial charge is 0.392 e. The number of benzene rings is 2. The third kappa shape index (κ3) is 7.27. The Morgan fingerprint density at radius 2 is 1.40 bits per heavy atom. The third-order valence-electron chi connectivity index (χ3n) is 11.6. The van der Waals surface area contributed by atoms with Gasteiger partial charge in [0.25, 0.3) is 0 Å². The van der Waals surface area contributed by atoms with Crippen molar-refractivity contribution < 1.29 is 19.4 Å². The standard InChI is InChI=1S/C38H53N3O4/c1-26-34(24-41-15-5-3-2-4-6-16-41)44-36(45-35(26)32-11-9-28(25-42)10-12-32)33-13-7-27(8-14-33)23-39-37(43)40-38-20-29-17-30(21-38)19-31(18-29)22-38/h7-14,26,29-31,34-36,42H,2-6,15-25H2,1H3,(H2,39,40,43). The van der Waals surface area contributed by atoms with Crippen LogP contribution in [0.5, 0.6) is 0 Å². The first kappa shape index (κ1) is 31.2. The molecule has 4 atom stereocenters. The molecule has 2 aromatic rings. The predicted octanol–water partition coefficient (Wildman–Crippen LogP) is 7.00. The van der Waals surface area contributed by atoms with Crippen LogP contribution in [-0.2, 0) is 22.6 Å². The number of nitrogens with zero attached hydrogens (tertiary/aromatic N) is 1. The summed E-state index contributed by atoms with van der Waals surface area (Å²) in [5, 5.41) is 16.1. The van der Waals surface area contributed by atoms with Crippen LogP contribution in [0.25, 0.3) is 0 Å². The van der Waals surface area contributed by atoms with E-state index in [1.54, 1.807) is 0 Å². The molecule has 7 heteroatoms. The minimum atomic E-state index is -0.468. The molecule has 3 N–H and O–H groups in total. The van der Waals surface area contributed by atoms with Gasteiger partial charge in [-0.2, -0.15) is 0 Å². The minimum Gasteiger partial charge on any atom is -0.392 e. The number of ether oxygens (including phenoxy) is 2. The van der Waals surface area contributed by atoms with Gasteiger partial charge in [-0.1, -0.05) is 74.7 Å². The molecule has 4 unspecified atom stereocenters. The fraction of sp³-hybridized carbons (Fsp3) is 0.658. The van der Waals surface area contributed by atoms with Crippen LogP contribution in [0.3, 0.4) is 0 Å². The molecular weight excluding hydrogens is 562 g/mol. The van der Waals surface area contributed by atoms with E-state index >= 15 is 0 Å². The Morgan fingerprint density at radius 1 is 0.822 bits per heavy atom. The fourth-order valence-corrected chi connectivity index (χ4v) is 9.60. The molecule has 0 spiro atoms. The Balaban J connectivity index is 1.00. The van der Waals surface area contributed by atoms with E-state index in [0.29, 0.717) is 6.54 Å². The van der Waals surface area contributed by atoms with Gasteiger partial charge >= 0.3 is 6.03 Å². The molecule has 7 nitrogen and oxygen atoms in total. The van der Waals surface area contributed by atoms with Crippen LogP contribution in [-0.4, -0.2) is 47.3 Å². The molecule has 2 aromatic carbocycles. The lowest BCUT2D eigenvalue weighted by Gasteiger charge is -2.56. The average Bonchev–Trinajstić information content (AvgIpc) is 3.01. The van der Waals surface area contributed by atoms with Gasteiger partial charge in [-0.25, -0.2) is 4.79 Å². The van der Waals surface area contributed by atoms with Crippen LogP contribution in [0.15, 0.2) is 48.5 Å². The summed E-state index contributed by atoms with van der Waals surface area (Å²) in [6.45, 7) is 5.96. The number of aliphatic hydroxyl groups excluding tert-OH is 1. The Bertz CT molecular complexity index is 1240. The zero-order valence-corrected chi connectivity index (χ0v) is 27.1. The quantitative estimate of drug-likeness (QED) is 0.298. The maximum atomic E-state index is 13.0. The second kappa shape index (κ2) is 13.7. The van der Waals surface area contributed by atoms with Crippen molar-refractivity contribution in [1.82, 2.24) is 15.5 Å². The molecule has 4 aliphatic carbocycles. The SMILES string of the molecule is CC1C(CN2CCCCCCC2)OC(c2ccc(CNC(=O)NC34CC5CC(CC(C5)C3)C4)cc2)OC1c1ccc(CO)cc1. The van der Waals surface area contributed by atoms with Crippen molar-refractivity contribution in [3.8, 4) is 0 Å². The summed E-state index contributed by atoms with van der Waals surface area (Å²) in [5.41, 5.74) is 4.11. The molecule has 4 saturated carbocycles. The van der Waals surface area contributed by atoms with E-state index in [9.17, 15) is 9.90 Å². The molecule has 6 fully saturated rings. The molecule has 4 bridgehead atoms. The van der Waals surface area contributed by atoms with Gasteiger partial charge in [-0.05, 0) is 98.9 Å². The summed E-state index contributed by atoms with van der Waals surface area (Å²) >= 11 is 0. The third-order valence-corrected chi connectivity index (χ3v) is 11.6. The molecule has 244 valence electrons. The first-order valence-corrected chi connectivity index (χ1v) is 17.8. The zero-order valence-electron chi connectivity index (χ0n) is 27.1. The zero-order chi connectivity index (χ0) is 30.8. The van der Waals surface area contributed by atoms with E-state index in [1.165, 1.54) is 51.4 Å². The van der Waals surface area contributed by atoms with Crippen molar-refractivity contribution in [3.63, 3.8) is 0 Å². The fourth-order valence-electron chi connectivity index (χ4n) is 9.60. The number of aliphatic hydroxyl groups is 1. The lowest BCUT2D eigenvalue weighted by atomic mass is 9.53. The van der Waals surface area contributed by atoms with Crippen molar-refractivity contribution in [2.24, 2.45) is 23.7 Å². The summed E-state index contributed by atoms with van der Waals surface area (Å²) in [5.74, 6) is 2.61. The van der Waals surface area contributed by atoms with Gasteiger partial charge in [-0.3, -0.25) is 0 Å². The Hall–Kier alpha value is -2.45. The number of amides is 2. The highest BCUT2D eigenvalue weighted by Crippen LogP contribution is 2.55. The lowest BCUT2D eigenvalue weighted by Crippen LogP contribution is -2.61. The van der Waals surface area contributed by atoms with E-state index in [1.807, 2.05) is 12.1 Å². The molecule has 6 aliphatic rings. The number of rotatable bonds is 8. The van der Waals surface area contributed by atoms with Crippen LogP contribution in [0.4, 0.5) is 4.79 Å². The van der Waals surface area contributed by atoms with Crippen LogP contribution in [0.1, 0.15) is 112 Å². The number of carbonyl (C=O) groups is 1. The minimum absolute atomic E-state index is 0.0214. The van der Waals surface area contributed by atoms with E-state index in [0.717, 1.165) is 78.9 Å². The van der Waals surface area contributed by atoms with Crippen molar-refractivity contribution in [1.29, 1.82) is 0 Å². The van der Waals surface area contributed by atoms with Gasteiger partial charge in [0, 0.05) is 30.1 Å². The van der Waals surface area contributed by atoms with Crippen LogP contribution < -0.4 is 10.6 Å². The van der Waals surface area contributed by atoms with Crippen molar-refractivity contribution >= 4 is 6.03 Å². The average molecular weight is 616 g/mol. The highest BCUT2D eigenvalue weighted by molar-refractivity contribution is 5.75. The first-order chi connectivity index (χ1) is 21.9. The van der Waals surface area contributed by atoms with Crippen molar-refractivity contribution in [2.75, 3.05) is 19.6 Å². The molecule has 0 radical (unpaired) electrons. The molecule has 2 amide bonds. The van der Waals surface area contributed by atoms with Crippen LogP contribution in [0, 0.1) is 23.7 Å². The Kier molecular flexibility index (Phi) is 9.51. The monoisotopic (exact) mass is 615 g/mol. The van der Waals surface area contributed by atoms with Gasteiger partial charge in [0.1, 0.15) is 0 Å². The highest BCUT2D eigenvalue weighted by Gasteiger charge is 2.51. The molecule has 2 aliphatic heterocycles. The Labute approximate surface area is 269 Å². The molecule has 8 rings (SSSR count). The van der Waals surface area contributed by atoms with E-state index in [4.69, 9.17) is 9.47 Å². The number of likely N-dealkylation sites (tertiary alicyclic amines) is 1. The maximum Gasteiger partial charge on any atom is 0.315 e. The maximum absolute atomic E-state index is 13.0.